The summed E-state index contributed by atoms with van der Waals surface area (Å²) in [5.74, 6) is 0.975. The highest BCUT2D eigenvalue weighted by Gasteiger charge is 2.59. The van der Waals surface area contributed by atoms with Crippen LogP contribution in [-0.2, 0) is 20.1 Å². The normalized spacial score (nSPS) is 24.5. The SMILES string of the molecule is CCCC1CC1(CN(O)CC)C(=O)NCC(=O)N1CCOC(c2ccccc2CSC(C)C)C1. The number of ether oxygens (including phenoxy) is 1. The molecule has 3 atom stereocenters. The summed E-state index contributed by atoms with van der Waals surface area (Å²) in [7, 11) is 0. The molecule has 0 spiro atoms. The molecule has 1 aromatic rings. The molecule has 0 radical (unpaired) electrons. The van der Waals surface area contributed by atoms with Crippen molar-refractivity contribution in [2.45, 2.75) is 64.1 Å². The molecule has 2 amide bonds. The molecule has 3 rings (SSSR count). The van der Waals surface area contributed by atoms with Crippen LogP contribution in [0.15, 0.2) is 24.3 Å². The van der Waals surface area contributed by atoms with Crippen molar-refractivity contribution in [3.05, 3.63) is 35.4 Å². The van der Waals surface area contributed by atoms with Gasteiger partial charge in [0.1, 0.15) is 6.10 Å². The summed E-state index contributed by atoms with van der Waals surface area (Å²) in [5, 5.41) is 14.7. The molecule has 190 valence electrons. The number of amides is 2. The fourth-order valence-corrected chi connectivity index (χ4v) is 5.61. The molecule has 7 nitrogen and oxygen atoms in total. The van der Waals surface area contributed by atoms with E-state index in [0.717, 1.165) is 30.6 Å². The number of thioether (sulfide) groups is 1. The molecule has 1 aromatic carbocycles. The highest BCUT2D eigenvalue weighted by molar-refractivity contribution is 7.99. The Morgan fingerprint density at radius 3 is 2.79 bits per heavy atom. The number of hydrogen-bond donors (Lipinski definition) is 2. The molecule has 0 bridgehead atoms. The monoisotopic (exact) mass is 491 g/mol. The van der Waals surface area contributed by atoms with Crippen molar-refractivity contribution >= 4 is 23.6 Å². The Hall–Kier alpha value is -1.61. The summed E-state index contributed by atoms with van der Waals surface area (Å²) in [6.45, 7) is 10.6. The third kappa shape index (κ3) is 6.74. The number of hydrogen-bond acceptors (Lipinski definition) is 6. The lowest BCUT2D eigenvalue weighted by atomic mass is 9.99. The molecule has 1 saturated heterocycles. The van der Waals surface area contributed by atoms with Crippen LogP contribution < -0.4 is 5.32 Å². The molecule has 2 N–H and O–H groups in total. The van der Waals surface area contributed by atoms with Crippen molar-refractivity contribution in [3.8, 4) is 0 Å². The minimum absolute atomic E-state index is 0.0193. The highest BCUT2D eigenvalue weighted by Crippen LogP contribution is 2.55. The summed E-state index contributed by atoms with van der Waals surface area (Å²) in [6.07, 6.45) is 2.57. The van der Waals surface area contributed by atoms with Crippen LogP contribution in [0.3, 0.4) is 0 Å². The average Bonchev–Trinajstić information content (AvgIpc) is 3.54. The first kappa shape index (κ1) is 27.0. The van der Waals surface area contributed by atoms with E-state index in [-0.39, 0.29) is 30.4 Å². The van der Waals surface area contributed by atoms with Crippen LogP contribution in [-0.4, -0.2) is 71.6 Å². The van der Waals surface area contributed by atoms with Gasteiger partial charge in [0, 0.05) is 25.4 Å². The van der Waals surface area contributed by atoms with Crippen molar-refractivity contribution < 1.29 is 19.5 Å². The van der Waals surface area contributed by atoms with Crippen LogP contribution in [0.1, 0.15) is 64.2 Å². The standard InChI is InChI=1S/C26H41N3O4S/c1-5-9-21-14-26(21,18-29(32)6-2)25(31)27-15-24(30)28-12-13-33-23(16-28)22-11-8-7-10-20(22)17-34-19(3)4/h7-8,10-11,19,21,23,32H,5-6,9,12-18H2,1-4H3,(H,27,31). The topological polar surface area (TPSA) is 82.1 Å². The van der Waals surface area contributed by atoms with Gasteiger partial charge in [-0.3, -0.25) is 9.59 Å². The van der Waals surface area contributed by atoms with Gasteiger partial charge in [0.15, 0.2) is 0 Å². The fourth-order valence-electron chi connectivity index (χ4n) is 4.83. The summed E-state index contributed by atoms with van der Waals surface area (Å²) in [4.78, 5) is 27.9. The van der Waals surface area contributed by atoms with E-state index in [4.69, 9.17) is 4.74 Å². The van der Waals surface area contributed by atoms with Crippen molar-refractivity contribution in [1.82, 2.24) is 15.3 Å². The van der Waals surface area contributed by atoms with Crippen LogP contribution in [0.25, 0.3) is 0 Å². The van der Waals surface area contributed by atoms with E-state index in [2.05, 4.69) is 38.2 Å². The largest absolute Gasteiger partial charge is 0.370 e. The number of nitrogens with zero attached hydrogens (tertiary/aromatic N) is 2. The predicted molar refractivity (Wildman–Crippen MR) is 136 cm³/mol. The van der Waals surface area contributed by atoms with Crippen LogP contribution in [0, 0.1) is 11.3 Å². The van der Waals surface area contributed by atoms with E-state index in [1.165, 1.54) is 10.6 Å². The Balaban J connectivity index is 1.58. The number of benzene rings is 1. The lowest BCUT2D eigenvalue weighted by molar-refractivity contribution is -0.143. The van der Waals surface area contributed by atoms with Gasteiger partial charge in [-0.2, -0.15) is 16.8 Å². The minimum atomic E-state index is -0.582. The number of carbonyl (C=O) groups is 2. The van der Waals surface area contributed by atoms with E-state index >= 15 is 0 Å². The Kier molecular flexibility index (Phi) is 9.83. The summed E-state index contributed by atoms with van der Waals surface area (Å²) in [6, 6.07) is 8.30. The molecular weight excluding hydrogens is 450 g/mol. The van der Waals surface area contributed by atoms with Gasteiger partial charge >= 0.3 is 0 Å². The molecule has 1 aliphatic carbocycles. The fraction of sp³-hybridized carbons (Fsp3) is 0.692. The Labute approximate surface area is 208 Å². The zero-order valence-corrected chi connectivity index (χ0v) is 21.9. The van der Waals surface area contributed by atoms with Crippen LogP contribution in [0.5, 0.6) is 0 Å². The molecule has 0 aromatic heterocycles. The van der Waals surface area contributed by atoms with Gasteiger partial charge in [-0.1, -0.05) is 58.4 Å². The smallest absolute Gasteiger partial charge is 0.242 e. The highest BCUT2D eigenvalue weighted by atomic mass is 32.2. The number of rotatable bonds is 12. The van der Waals surface area contributed by atoms with Gasteiger partial charge in [-0.05, 0) is 35.1 Å². The third-order valence-corrected chi connectivity index (χ3v) is 8.09. The van der Waals surface area contributed by atoms with Crippen LogP contribution >= 0.6 is 11.8 Å². The lowest BCUT2D eigenvalue weighted by Gasteiger charge is -2.34. The van der Waals surface area contributed by atoms with Gasteiger partial charge in [-0.25, -0.2) is 0 Å². The summed E-state index contributed by atoms with van der Waals surface area (Å²) < 4.78 is 6.06. The van der Waals surface area contributed by atoms with Crippen molar-refractivity contribution in [2.75, 3.05) is 39.3 Å². The zero-order chi connectivity index (χ0) is 24.7. The molecule has 1 saturated carbocycles. The van der Waals surface area contributed by atoms with Crippen LogP contribution in [0.4, 0.5) is 0 Å². The van der Waals surface area contributed by atoms with Gasteiger partial charge in [0.25, 0.3) is 0 Å². The maximum Gasteiger partial charge on any atom is 0.242 e. The maximum absolute atomic E-state index is 13.1. The molecule has 2 fully saturated rings. The van der Waals surface area contributed by atoms with E-state index in [1.807, 2.05) is 30.8 Å². The zero-order valence-electron chi connectivity index (χ0n) is 21.1. The first-order valence-corrected chi connectivity index (χ1v) is 13.7. The first-order chi connectivity index (χ1) is 16.3. The first-order valence-electron chi connectivity index (χ1n) is 12.6. The second kappa shape index (κ2) is 12.4. The Morgan fingerprint density at radius 2 is 2.09 bits per heavy atom. The number of hydroxylamine groups is 2. The second-order valence-electron chi connectivity index (χ2n) is 9.77. The van der Waals surface area contributed by atoms with Gasteiger partial charge in [-0.15, -0.1) is 0 Å². The third-order valence-electron chi connectivity index (χ3n) is 6.94. The molecule has 8 heteroatoms. The van der Waals surface area contributed by atoms with E-state index in [0.29, 0.717) is 38.0 Å². The van der Waals surface area contributed by atoms with Crippen molar-refractivity contribution in [3.63, 3.8) is 0 Å². The van der Waals surface area contributed by atoms with E-state index in [9.17, 15) is 14.8 Å². The van der Waals surface area contributed by atoms with Gasteiger partial charge in [0.2, 0.25) is 11.8 Å². The summed E-state index contributed by atoms with van der Waals surface area (Å²) in [5.41, 5.74) is 1.80. The average molecular weight is 492 g/mol. The number of nitrogens with one attached hydrogen (secondary N) is 1. The molecular formula is C26H41N3O4S. The molecule has 2 aliphatic rings. The number of morpholine rings is 1. The van der Waals surface area contributed by atoms with E-state index < -0.39 is 5.41 Å². The second-order valence-corrected chi connectivity index (χ2v) is 11.3. The maximum atomic E-state index is 13.1. The molecule has 34 heavy (non-hydrogen) atoms. The van der Waals surface area contributed by atoms with Gasteiger partial charge < -0.3 is 20.2 Å². The van der Waals surface area contributed by atoms with Crippen molar-refractivity contribution in [2.24, 2.45) is 11.3 Å². The quantitative estimate of drug-likeness (QED) is 0.432. The predicted octanol–water partition coefficient (Wildman–Crippen LogP) is 3.86. The Bertz CT molecular complexity index is 836. The minimum Gasteiger partial charge on any atom is -0.370 e. The Morgan fingerprint density at radius 1 is 1.32 bits per heavy atom. The van der Waals surface area contributed by atoms with Gasteiger partial charge in [0.05, 0.1) is 25.1 Å². The molecule has 3 unspecified atom stereocenters. The molecule has 1 heterocycles. The summed E-state index contributed by atoms with van der Waals surface area (Å²) >= 11 is 1.89. The number of carbonyl (C=O) groups excluding carboxylic acids is 2. The van der Waals surface area contributed by atoms with E-state index in [1.54, 1.807) is 4.90 Å². The van der Waals surface area contributed by atoms with Crippen molar-refractivity contribution in [1.29, 1.82) is 0 Å². The molecule has 1 aliphatic heterocycles. The van der Waals surface area contributed by atoms with Crippen LogP contribution in [0.2, 0.25) is 0 Å². The lowest BCUT2D eigenvalue weighted by Crippen LogP contribution is -2.49.